The molecule has 3 fully saturated rings. The zero-order chi connectivity index (χ0) is 47.9. The summed E-state index contributed by atoms with van der Waals surface area (Å²) in [4.78, 5) is 106. The minimum Gasteiger partial charge on any atom is -0.480 e. The summed E-state index contributed by atoms with van der Waals surface area (Å²) < 4.78 is 0. The fourth-order valence-corrected chi connectivity index (χ4v) is 9.25. The first-order chi connectivity index (χ1) is 32.2. The second kappa shape index (κ2) is 24.3. The third-order valence-electron chi connectivity index (χ3n) is 12.8. The van der Waals surface area contributed by atoms with E-state index >= 15 is 0 Å². The van der Waals surface area contributed by atoms with Gasteiger partial charge in [-0.3, -0.25) is 43.9 Å². The van der Waals surface area contributed by atoms with Crippen molar-refractivity contribution in [3.63, 3.8) is 0 Å². The number of aromatic nitrogens is 1. The summed E-state index contributed by atoms with van der Waals surface area (Å²) in [6.07, 6.45) is 5.32. The lowest BCUT2D eigenvalue weighted by Gasteiger charge is -2.33. The molecule has 1 saturated carbocycles. The van der Waals surface area contributed by atoms with Crippen LogP contribution in [0.25, 0.3) is 10.9 Å². The van der Waals surface area contributed by atoms with Crippen LogP contribution >= 0.6 is 0 Å². The Morgan fingerprint density at radius 1 is 0.821 bits per heavy atom. The molecule has 6 rings (SSSR count). The zero-order valence-corrected chi connectivity index (χ0v) is 37.7. The topological polar surface area (TPSA) is 316 Å². The van der Waals surface area contributed by atoms with Gasteiger partial charge in [0.2, 0.25) is 35.4 Å². The van der Waals surface area contributed by atoms with Crippen LogP contribution in [-0.2, 0) is 46.4 Å². The van der Waals surface area contributed by atoms with E-state index in [-0.39, 0.29) is 76.5 Å². The summed E-state index contributed by atoms with van der Waals surface area (Å²) in [5.74, 6) is -4.89. The van der Waals surface area contributed by atoms with E-state index in [2.05, 4.69) is 41.9 Å². The molecule has 0 bridgehead atoms. The summed E-state index contributed by atoms with van der Waals surface area (Å²) >= 11 is 0. The van der Waals surface area contributed by atoms with E-state index < -0.39 is 90.3 Å². The van der Waals surface area contributed by atoms with Gasteiger partial charge in [-0.1, -0.05) is 48.5 Å². The number of hydrogen-bond donors (Lipinski definition) is 11. The van der Waals surface area contributed by atoms with Crippen molar-refractivity contribution in [2.75, 3.05) is 26.2 Å². The van der Waals surface area contributed by atoms with E-state index in [4.69, 9.17) is 11.5 Å². The van der Waals surface area contributed by atoms with Gasteiger partial charge in [0.25, 0.3) is 0 Å². The minimum atomic E-state index is -1.20. The van der Waals surface area contributed by atoms with Crippen LogP contribution in [0.1, 0.15) is 81.8 Å². The molecular weight excluding hydrogens is 863 g/mol. The molecule has 6 atom stereocenters. The van der Waals surface area contributed by atoms with Crippen LogP contribution in [0.15, 0.2) is 65.8 Å². The maximum atomic E-state index is 14.6. The van der Waals surface area contributed by atoms with Gasteiger partial charge in [0.05, 0.1) is 18.7 Å². The first kappa shape index (κ1) is 49.9. The van der Waals surface area contributed by atoms with Crippen molar-refractivity contribution in [2.45, 2.75) is 126 Å². The lowest BCUT2D eigenvalue weighted by Crippen LogP contribution is -2.60. The number of carboxylic acids is 1. The number of aliphatic hydroxyl groups is 1. The molecule has 1 aromatic heterocycles. The van der Waals surface area contributed by atoms with Crippen molar-refractivity contribution in [1.29, 1.82) is 0 Å². The normalized spacial score (nSPS) is 25.1. The van der Waals surface area contributed by atoms with Crippen LogP contribution in [0.2, 0.25) is 0 Å². The number of nitrogens with one attached hydrogen (secondary N) is 7. The molecule has 2 aliphatic heterocycles. The van der Waals surface area contributed by atoms with Crippen LogP contribution in [0, 0.1) is 5.92 Å². The van der Waals surface area contributed by atoms with E-state index in [1.54, 1.807) is 30.5 Å². The Hall–Kier alpha value is -6.54. The van der Waals surface area contributed by atoms with Gasteiger partial charge in [-0.2, -0.15) is 0 Å². The van der Waals surface area contributed by atoms with Gasteiger partial charge >= 0.3 is 5.97 Å². The molecule has 3 heterocycles. The Labute approximate surface area is 389 Å². The van der Waals surface area contributed by atoms with Gasteiger partial charge in [-0.15, -0.1) is 0 Å². The molecule has 0 radical (unpaired) electrons. The van der Waals surface area contributed by atoms with E-state index in [9.17, 15) is 43.8 Å². The average Bonchev–Trinajstić information content (AvgIpc) is 3.97. The number of benzene rings is 2. The number of para-hydroxylation sites is 1. The molecule has 67 heavy (non-hydrogen) atoms. The number of carbonyl (C=O) groups excluding carboxylic acids is 6. The molecular formula is C47H65N11O9. The number of fused-ring (bicyclic) bond motifs is 2. The fraction of sp³-hybridized carbons (Fsp3) is 0.532. The highest BCUT2D eigenvalue weighted by Crippen LogP contribution is 2.29. The quantitative estimate of drug-likeness (QED) is 0.0538. The molecule has 13 N–H and O–H groups in total. The Balaban J connectivity index is 1.31. The molecule has 6 amide bonds. The molecule has 3 aromatic rings. The number of aliphatic carboxylic acids is 1. The van der Waals surface area contributed by atoms with E-state index in [1.165, 1.54) is 4.90 Å². The number of aliphatic hydroxyl groups excluding tert-OH is 1. The Kier molecular flexibility index (Phi) is 18.1. The largest absolute Gasteiger partial charge is 0.480 e. The molecule has 20 nitrogen and oxygen atoms in total. The smallest absolute Gasteiger partial charge is 0.317 e. The standard InChI is InChI=1S/C47H65N11O9/c48-47(49)51-21-6-13-34-41(62)50-20-7-14-35(55-42(63)36(53-27-40(60)61)23-28-9-2-1-3-10-28)46(67)58-22-8-15-39(58)45(66)57-37(24-29-16-18-31(59)19-17-29)43(64)56-38(44(65)54-34)25-30-26-52-33-12-5-4-11-32(30)33/h1-5,9-12,26,29,31,34-39,52-53,59H,6-8,13-25,27H2,(H,50,62)(H,54,65)(H,55,63)(H,56,64)(H,57,66)(H,60,61)(H4,48,49,51)/t29?,31?,34-,35-,36-,37+,38-,39-/m0/s1. The van der Waals surface area contributed by atoms with E-state index in [0.29, 0.717) is 38.5 Å². The van der Waals surface area contributed by atoms with E-state index in [0.717, 1.165) is 22.0 Å². The van der Waals surface area contributed by atoms with Crippen LogP contribution in [0.3, 0.4) is 0 Å². The van der Waals surface area contributed by atoms with Crippen molar-refractivity contribution in [3.8, 4) is 0 Å². The molecule has 20 heteroatoms. The van der Waals surface area contributed by atoms with Crippen LogP contribution < -0.4 is 43.4 Å². The number of H-pyrrole nitrogens is 1. The van der Waals surface area contributed by atoms with E-state index in [1.807, 2.05) is 30.3 Å². The van der Waals surface area contributed by atoms with Gasteiger partial charge in [0, 0.05) is 43.2 Å². The van der Waals surface area contributed by atoms with Crippen molar-refractivity contribution >= 4 is 58.3 Å². The summed E-state index contributed by atoms with van der Waals surface area (Å²) in [6.45, 7) is -0.128. The molecule has 1 aliphatic carbocycles. The maximum Gasteiger partial charge on any atom is 0.317 e. The number of guanidine groups is 1. The summed E-state index contributed by atoms with van der Waals surface area (Å²) in [6, 6.07) is 9.85. The van der Waals surface area contributed by atoms with Crippen molar-refractivity contribution < 1.29 is 43.8 Å². The number of aromatic amines is 1. The third kappa shape index (κ3) is 14.5. The predicted octanol–water partition coefficient (Wildman–Crippen LogP) is -0.169. The number of nitrogens with two attached hydrogens (primary N) is 2. The molecule has 3 aliphatic rings. The molecule has 2 aromatic carbocycles. The number of amides is 6. The fourth-order valence-electron chi connectivity index (χ4n) is 9.25. The average molecular weight is 928 g/mol. The zero-order valence-electron chi connectivity index (χ0n) is 37.7. The predicted molar refractivity (Wildman–Crippen MR) is 249 cm³/mol. The lowest BCUT2D eigenvalue weighted by molar-refractivity contribution is -0.143. The first-order valence-corrected chi connectivity index (χ1v) is 23.3. The molecule has 362 valence electrons. The molecule has 2 saturated heterocycles. The van der Waals surface area contributed by atoms with Gasteiger partial charge in [0.15, 0.2) is 5.96 Å². The highest BCUT2D eigenvalue weighted by molar-refractivity contribution is 5.97. The van der Waals surface area contributed by atoms with Crippen molar-refractivity contribution in [2.24, 2.45) is 22.4 Å². The third-order valence-corrected chi connectivity index (χ3v) is 12.8. The lowest BCUT2D eigenvalue weighted by atomic mass is 9.83. The number of carbonyl (C=O) groups is 7. The van der Waals surface area contributed by atoms with Crippen molar-refractivity contribution in [1.82, 2.24) is 41.8 Å². The summed E-state index contributed by atoms with van der Waals surface area (Å²) in [5, 5.41) is 37.7. The van der Waals surface area contributed by atoms with Gasteiger partial charge in [-0.25, -0.2) is 0 Å². The van der Waals surface area contributed by atoms with Crippen LogP contribution in [0.4, 0.5) is 0 Å². The second-order valence-corrected chi connectivity index (χ2v) is 17.8. The SMILES string of the molecule is NC(N)=NCCC[C@@H]1NC(=O)[C@H](Cc2c[nH]c3ccccc23)NC(=O)[C@@H](CC2CCC(O)CC2)NC(=O)[C@@H]2CCCN2C(=O)[C@@H](NC(=O)[C@H](Cc2ccccc2)NCC(=O)O)CCCNC1=O. The highest BCUT2D eigenvalue weighted by Gasteiger charge is 2.41. The maximum absolute atomic E-state index is 14.6. The van der Waals surface area contributed by atoms with Gasteiger partial charge in [0.1, 0.15) is 30.2 Å². The Bertz CT molecular complexity index is 2220. The van der Waals surface area contributed by atoms with Gasteiger partial charge < -0.3 is 58.1 Å². The number of hydrogen-bond acceptors (Lipinski definition) is 10. The highest BCUT2D eigenvalue weighted by atomic mass is 16.4. The summed E-state index contributed by atoms with van der Waals surface area (Å²) in [7, 11) is 0. The molecule has 0 unspecified atom stereocenters. The number of aliphatic imine (C=N–C) groups is 1. The number of carboxylic acid groups (broad SMARTS) is 1. The second-order valence-electron chi connectivity index (χ2n) is 17.8. The van der Waals surface area contributed by atoms with Crippen molar-refractivity contribution in [3.05, 3.63) is 71.9 Å². The monoisotopic (exact) mass is 927 g/mol. The minimum absolute atomic E-state index is 0.0272. The Morgan fingerprint density at radius 3 is 2.27 bits per heavy atom. The molecule has 0 spiro atoms. The number of nitrogens with zero attached hydrogens (tertiary/aromatic N) is 2. The van der Waals surface area contributed by atoms with Gasteiger partial charge in [-0.05, 0) is 100 Å². The van der Waals surface area contributed by atoms with Crippen LogP contribution in [0.5, 0.6) is 0 Å². The number of rotatable bonds is 15. The Morgan fingerprint density at radius 2 is 1.52 bits per heavy atom. The first-order valence-electron chi connectivity index (χ1n) is 23.3. The summed E-state index contributed by atoms with van der Waals surface area (Å²) in [5.41, 5.74) is 13.4. The van der Waals surface area contributed by atoms with Crippen LogP contribution in [-0.4, -0.2) is 136 Å².